The zero-order valence-corrected chi connectivity index (χ0v) is 13.2. The number of H-pyrrole nitrogens is 1. The molecule has 1 heterocycles. The normalized spacial score (nSPS) is 12.0. The summed E-state index contributed by atoms with van der Waals surface area (Å²) in [6.07, 6.45) is 1.66. The molecule has 2 aromatic rings. The molecule has 0 spiro atoms. The van der Waals surface area contributed by atoms with Crippen LogP contribution in [0.5, 0.6) is 0 Å². The van der Waals surface area contributed by atoms with E-state index >= 15 is 0 Å². The monoisotopic (exact) mass is 315 g/mol. The fourth-order valence-electron chi connectivity index (χ4n) is 1.97. The van der Waals surface area contributed by atoms with E-state index in [-0.39, 0.29) is 24.3 Å². The lowest BCUT2D eigenvalue weighted by Crippen LogP contribution is -2.46. The van der Waals surface area contributed by atoms with E-state index in [1.165, 1.54) is 0 Å². The van der Waals surface area contributed by atoms with Crippen molar-refractivity contribution in [3.05, 3.63) is 36.5 Å². The lowest BCUT2D eigenvalue weighted by atomic mass is 10.1. The molecule has 0 fully saturated rings. The van der Waals surface area contributed by atoms with Crippen LogP contribution < -0.4 is 16.4 Å². The molecule has 0 radical (unpaired) electrons. The molecular formula is C16H21N5O2. The molecule has 0 saturated carbocycles. The molecule has 1 aromatic carbocycles. The maximum absolute atomic E-state index is 11.9. The smallest absolute Gasteiger partial charge is 0.243 e. The van der Waals surface area contributed by atoms with Gasteiger partial charge in [-0.15, -0.1) is 0 Å². The van der Waals surface area contributed by atoms with Crippen LogP contribution in [0.4, 0.5) is 5.69 Å². The molecule has 23 heavy (non-hydrogen) atoms. The van der Waals surface area contributed by atoms with Crippen molar-refractivity contribution in [3.63, 3.8) is 0 Å². The Balaban J connectivity index is 1.91. The SMILES string of the molecule is CC(C)[C@H](N)C(=O)NCC(=O)Nc1cccc(-c2ccn[nH]2)c1. The summed E-state index contributed by atoms with van der Waals surface area (Å²) in [6, 6.07) is 8.57. The van der Waals surface area contributed by atoms with Crippen molar-refractivity contribution in [2.24, 2.45) is 11.7 Å². The minimum absolute atomic E-state index is 0.0177. The highest BCUT2D eigenvalue weighted by atomic mass is 16.2. The average molecular weight is 315 g/mol. The Morgan fingerprint density at radius 3 is 2.74 bits per heavy atom. The summed E-state index contributed by atoms with van der Waals surface area (Å²) in [6.45, 7) is 3.59. The highest BCUT2D eigenvalue weighted by molar-refractivity contribution is 5.95. The zero-order chi connectivity index (χ0) is 16.8. The fourth-order valence-corrected chi connectivity index (χ4v) is 1.97. The van der Waals surface area contributed by atoms with E-state index in [9.17, 15) is 9.59 Å². The topological polar surface area (TPSA) is 113 Å². The van der Waals surface area contributed by atoms with Crippen molar-refractivity contribution in [1.82, 2.24) is 15.5 Å². The number of amides is 2. The number of aromatic nitrogens is 2. The van der Waals surface area contributed by atoms with Crippen LogP contribution >= 0.6 is 0 Å². The second kappa shape index (κ2) is 7.55. The Morgan fingerprint density at radius 1 is 1.30 bits per heavy atom. The summed E-state index contributed by atoms with van der Waals surface area (Å²) in [5.74, 6) is -0.624. The first-order chi connectivity index (χ1) is 11.0. The van der Waals surface area contributed by atoms with Crippen molar-refractivity contribution in [2.75, 3.05) is 11.9 Å². The van der Waals surface area contributed by atoms with Crippen LogP contribution in [-0.4, -0.2) is 34.6 Å². The van der Waals surface area contributed by atoms with Gasteiger partial charge in [0.2, 0.25) is 11.8 Å². The van der Waals surface area contributed by atoms with Crippen LogP contribution in [0.3, 0.4) is 0 Å². The van der Waals surface area contributed by atoms with Crippen LogP contribution in [-0.2, 0) is 9.59 Å². The van der Waals surface area contributed by atoms with Gasteiger partial charge in [-0.1, -0.05) is 26.0 Å². The Kier molecular flexibility index (Phi) is 5.48. The van der Waals surface area contributed by atoms with E-state index in [4.69, 9.17) is 5.73 Å². The fraction of sp³-hybridized carbons (Fsp3) is 0.312. The molecule has 2 rings (SSSR count). The van der Waals surface area contributed by atoms with E-state index in [1.807, 2.05) is 38.1 Å². The van der Waals surface area contributed by atoms with Crippen molar-refractivity contribution in [3.8, 4) is 11.3 Å². The summed E-state index contributed by atoms with van der Waals surface area (Å²) < 4.78 is 0. The first kappa shape index (κ1) is 16.7. The van der Waals surface area contributed by atoms with Crippen LogP contribution in [0, 0.1) is 5.92 Å². The number of nitrogens with two attached hydrogens (primary N) is 1. The lowest BCUT2D eigenvalue weighted by Gasteiger charge is -2.15. The quantitative estimate of drug-likeness (QED) is 0.639. The second-order valence-electron chi connectivity index (χ2n) is 5.59. The Labute approximate surface area is 134 Å². The van der Waals surface area contributed by atoms with Crippen molar-refractivity contribution in [1.29, 1.82) is 0 Å². The first-order valence-electron chi connectivity index (χ1n) is 7.40. The number of aromatic amines is 1. The van der Waals surface area contributed by atoms with E-state index in [1.54, 1.807) is 12.3 Å². The maximum Gasteiger partial charge on any atom is 0.243 e. The number of rotatable bonds is 6. The number of hydrogen-bond donors (Lipinski definition) is 4. The summed E-state index contributed by atoms with van der Waals surface area (Å²) in [5, 5.41) is 12.0. The predicted octanol–water partition coefficient (Wildman–Crippen LogP) is 1.11. The summed E-state index contributed by atoms with van der Waals surface area (Å²) in [5.41, 5.74) is 8.13. The van der Waals surface area contributed by atoms with Crippen LogP contribution in [0.25, 0.3) is 11.3 Å². The predicted molar refractivity (Wildman–Crippen MR) is 88.5 cm³/mol. The van der Waals surface area contributed by atoms with Crippen LogP contribution in [0.15, 0.2) is 36.5 Å². The van der Waals surface area contributed by atoms with Gasteiger partial charge >= 0.3 is 0 Å². The molecule has 0 unspecified atom stereocenters. The molecule has 5 N–H and O–H groups in total. The van der Waals surface area contributed by atoms with Crippen molar-refractivity contribution in [2.45, 2.75) is 19.9 Å². The van der Waals surface area contributed by atoms with Crippen molar-refractivity contribution >= 4 is 17.5 Å². The van der Waals surface area contributed by atoms with Gasteiger partial charge in [0, 0.05) is 17.4 Å². The van der Waals surface area contributed by atoms with Gasteiger partial charge in [0.15, 0.2) is 0 Å². The van der Waals surface area contributed by atoms with E-state index in [0.717, 1.165) is 11.3 Å². The molecule has 0 bridgehead atoms. The molecule has 0 aliphatic heterocycles. The largest absolute Gasteiger partial charge is 0.346 e. The van der Waals surface area contributed by atoms with Gasteiger partial charge in [0.05, 0.1) is 18.3 Å². The minimum Gasteiger partial charge on any atom is -0.346 e. The molecule has 0 aliphatic carbocycles. The van der Waals surface area contributed by atoms with Gasteiger partial charge in [0.1, 0.15) is 0 Å². The Hall–Kier alpha value is -2.67. The van der Waals surface area contributed by atoms with Crippen LogP contribution in [0.1, 0.15) is 13.8 Å². The highest BCUT2D eigenvalue weighted by Gasteiger charge is 2.17. The van der Waals surface area contributed by atoms with Gasteiger partial charge in [-0.3, -0.25) is 14.7 Å². The third kappa shape index (κ3) is 4.65. The standard InChI is InChI=1S/C16H21N5O2/c1-10(2)15(17)16(23)18-9-14(22)20-12-5-3-4-11(8-12)13-6-7-19-21-13/h3-8,10,15H,9,17H2,1-2H3,(H,18,23)(H,19,21)(H,20,22)/t15-/m0/s1. The lowest BCUT2D eigenvalue weighted by molar-refractivity contribution is -0.125. The number of nitrogens with zero attached hydrogens (tertiary/aromatic N) is 1. The third-order valence-electron chi connectivity index (χ3n) is 3.40. The summed E-state index contributed by atoms with van der Waals surface area (Å²) >= 11 is 0. The number of benzene rings is 1. The number of carbonyl (C=O) groups is 2. The molecule has 7 nitrogen and oxygen atoms in total. The molecule has 122 valence electrons. The summed E-state index contributed by atoms with van der Waals surface area (Å²) in [4.78, 5) is 23.6. The molecule has 2 amide bonds. The van der Waals surface area contributed by atoms with E-state index in [2.05, 4.69) is 20.8 Å². The molecule has 0 aliphatic rings. The number of carbonyl (C=O) groups excluding carboxylic acids is 2. The Morgan fingerprint density at radius 2 is 2.09 bits per heavy atom. The molecule has 1 aromatic heterocycles. The molecule has 1 atom stereocenters. The van der Waals surface area contributed by atoms with E-state index < -0.39 is 6.04 Å². The number of anilines is 1. The Bertz CT molecular complexity index is 667. The molecule has 0 saturated heterocycles. The molecule has 7 heteroatoms. The second-order valence-corrected chi connectivity index (χ2v) is 5.59. The molecular weight excluding hydrogens is 294 g/mol. The number of nitrogens with one attached hydrogen (secondary N) is 3. The maximum atomic E-state index is 11.9. The van der Waals surface area contributed by atoms with Gasteiger partial charge in [0.25, 0.3) is 0 Å². The highest BCUT2D eigenvalue weighted by Crippen LogP contribution is 2.20. The average Bonchev–Trinajstić information content (AvgIpc) is 3.06. The van der Waals surface area contributed by atoms with Gasteiger partial charge in [-0.05, 0) is 24.1 Å². The van der Waals surface area contributed by atoms with E-state index in [0.29, 0.717) is 5.69 Å². The van der Waals surface area contributed by atoms with Crippen LogP contribution in [0.2, 0.25) is 0 Å². The van der Waals surface area contributed by atoms with Gasteiger partial charge < -0.3 is 16.4 Å². The van der Waals surface area contributed by atoms with Gasteiger partial charge in [-0.25, -0.2) is 0 Å². The zero-order valence-electron chi connectivity index (χ0n) is 13.2. The van der Waals surface area contributed by atoms with Gasteiger partial charge in [-0.2, -0.15) is 5.10 Å². The summed E-state index contributed by atoms with van der Waals surface area (Å²) in [7, 11) is 0. The third-order valence-corrected chi connectivity index (χ3v) is 3.40. The minimum atomic E-state index is -0.619. The van der Waals surface area contributed by atoms with Crippen molar-refractivity contribution < 1.29 is 9.59 Å². The number of hydrogen-bond acceptors (Lipinski definition) is 4. The first-order valence-corrected chi connectivity index (χ1v) is 7.40.